The van der Waals surface area contributed by atoms with Gasteiger partial charge in [-0.3, -0.25) is 0 Å². The van der Waals surface area contributed by atoms with E-state index in [9.17, 15) is 13.5 Å². The van der Waals surface area contributed by atoms with Crippen LogP contribution >= 0.6 is 11.6 Å². The molecule has 5 nitrogen and oxygen atoms in total. The summed E-state index contributed by atoms with van der Waals surface area (Å²) in [4.78, 5) is 0. The number of benzene rings is 2. The van der Waals surface area contributed by atoms with Crippen LogP contribution < -0.4 is 4.74 Å². The zero-order chi connectivity index (χ0) is 17.7. The summed E-state index contributed by atoms with van der Waals surface area (Å²) in [6.07, 6.45) is -0.940. The molecule has 2 aromatic rings. The Bertz CT molecular complexity index is 777. The minimum absolute atomic E-state index is 0.0386. The van der Waals surface area contributed by atoms with Gasteiger partial charge in [0, 0.05) is 18.6 Å². The first-order chi connectivity index (χ1) is 11.3. The lowest BCUT2D eigenvalue weighted by atomic mass is 10.1. The number of ether oxygens (including phenoxy) is 1. The predicted molar refractivity (Wildman–Crippen MR) is 94.7 cm³/mol. The molecule has 0 heterocycles. The highest BCUT2D eigenvalue weighted by Gasteiger charge is 2.22. The number of likely N-dealkylation sites (N-methyl/N-ethyl adjacent to an activating group) is 1. The van der Waals surface area contributed by atoms with Crippen molar-refractivity contribution in [2.45, 2.75) is 11.9 Å². The smallest absolute Gasteiger partial charge is 0.218 e. The van der Waals surface area contributed by atoms with Crippen LogP contribution in [0.2, 0.25) is 5.02 Å². The normalized spacial score (nSPS) is 13.0. The number of aliphatic hydroxyl groups excluding tert-OH is 1. The van der Waals surface area contributed by atoms with Crippen LogP contribution in [0.3, 0.4) is 0 Å². The van der Waals surface area contributed by atoms with Crippen LogP contribution in [-0.4, -0.2) is 38.5 Å². The van der Waals surface area contributed by atoms with Crippen LogP contribution in [0.5, 0.6) is 5.75 Å². The highest BCUT2D eigenvalue weighted by atomic mass is 35.5. The van der Waals surface area contributed by atoms with Crippen molar-refractivity contribution in [3.8, 4) is 5.75 Å². The third kappa shape index (κ3) is 4.95. The number of methoxy groups -OCH3 is 1. The Morgan fingerprint density at radius 3 is 2.50 bits per heavy atom. The van der Waals surface area contributed by atoms with Crippen molar-refractivity contribution < 1.29 is 18.3 Å². The predicted octanol–water partition coefficient (Wildman–Crippen LogP) is 2.84. The number of hydrogen-bond donors (Lipinski definition) is 1. The van der Waals surface area contributed by atoms with Gasteiger partial charge in [0.1, 0.15) is 5.75 Å². The fourth-order valence-electron chi connectivity index (χ4n) is 2.21. The summed E-state index contributed by atoms with van der Waals surface area (Å²) < 4.78 is 31.1. The number of sulfonamides is 1. The second-order valence-electron chi connectivity index (χ2n) is 5.46. The van der Waals surface area contributed by atoms with E-state index in [2.05, 4.69) is 0 Å². The van der Waals surface area contributed by atoms with E-state index in [-0.39, 0.29) is 12.3 Å². The van der Waals surface area contributed by atoms with Gasteiger partial charge in [-0.2, -0.15) is 0 Å². The zero-order valence-corrected chi connectivity index (χ0v) is 15.1. The largest absolute Gasteiger partial charge is 0.497 e. The van der Waals surface area contributed by atoms with Gasteiger partial charge in [0.2, 0.25) is 10.0 Å². The third-order valence-electron chi connectivity index (χ3n) is 3.65. The standard InChI is InChI=1S/C17H20ClNO4S/c1-19(11-17(20)14-4-3-5-16(10-14)23-2)24(21,22)12-13-6-8-15(18)9-7-13/h3-10,17,20H,11-12H2,1-2H3. The molecule has 0 spiro atoms. The molecule has 0 aliphatic rings. The van der Waals surface area contributed by atoms with Crippen LogP contribution in [0.15, 0.2) is 48.5 Å². The third-order valence-corrected chi connectivity index (χ3v) is 5.69. The first-order valence-electron chi connectivity index (χ1n) is 7.32. The number of hydrogen-bond acceptors (Lipinski definition) is 4. The molecule has 0 aromatic heterocycles. The maximum Gasteiger partial charge on any atom is 0.218 e. The molecule has 0 amide bonds. The summed E-state index contributed by atoms with van der Waals surface area (Å²) in [6, 6.07) is 13.6. The number of nitrogens with zero attached hydrogens (tertiary/aromatic N) is 1. The summed E-state index contributed by atoms with van der Waals surface area (Å²) in [7, 11) is -0.557. The molecule has 7 heteroatoms. The fraction of sp³-hybridized carbons (Fsp3) is 0.294. The van der Waals surface area contributed by atoms with E-state index in [1.807, 2.05) is 0 Å². The first-order valence-corrected chi connectivity index (χ1v) is 9.31. The molecule has 24 heavy (non-hydrogen) atoms. The Morgan fingerprint density at radius 1 is 1.21 bits per heavy atom. The summed E-state index contributed by atoms with van der Waals surface area (Å²) in [6.45, 7) is -0.0386. The molecule has 0 aliphatic heterocycles. The summed E-state index contributed by atoms with van der Waals surface area (Å²) in [5, 5.41) is 10.9. The van der Waals surface area contributed by atoms with Gasteiger partial charge in [-0.25, -0.2) is 12.7 Å². The monoisotopic (exact) mass is 369 g/mol. The second-order valence-corrected chi connectivity index (χ2v) is 7.97. The lowest BCUT2D eigenvalue weighted by molar-refractivity contribution is 0.154. The van der Waals surface area contributed by atoms with Gasteiger partial charge in [-0.05, 0) is 35.4 Å². The van der Waals surface area contributed by atoms with Crippen LogP contribution in [-0.2, 0) is 15.8 Å². The molecular weight excluding hydrogens is 350 g/mol. The Hall–Kier alpha value is -1.60. The molecule has 0 saturated carbocycles. The highest BCUT2D eigenvalue weighted by molar-refractivity contribution is 7.88. The van der Waals surface area contributed by atoms with Crippen molar-refractivity contribution >= 4 is 21.6 Å². The zero-order valence-electron chi connectivity index (χ0n) is 13.5. The maximum absolute atomic E-state index is 12.4. The molecule has 0 radical (unpaired) electrons. The summed E-state index contributed by atoms with van der Waals surface area (Å²) in [5.41, 5.74) is 1.24. The van der Waals surface area contributed by atoms with E-state index < -0.39 is 16.1 Å². The topological polar surface area (TPSA) is 66.8 Å². The average molecular weight is 370 g/mol. The van der Waals surface area contributed by atoms with Crippen LogP contribution in [0.25, 0.3) is 0 Å². The van der Waals surface area contributed by atoms with Gasteiger partial charge in [-0.15, -0.1) is 0 Å². The van der Waals surface area contributed by atoms with E-state index in [0.717, 1.165) is 4.31 Å². The number of aliphatic hydroxyl groups is 1. The molecule has 1 N–H and O–H groups in total. The van der Waals surface area contributed by atoms with Gasteiger partial charge < -0.3 is 9.84 Å². The minimum Gasteiger partial charge on any atom is -0.497 e. The number of halogens is 1. The Morgan fingerprint density at radius 2 is 1.88 bits per heavy atom. The van der Waals surface area contributed by atoms with Gasteiger partial charge in [0.25, 0.3) is 0 Å². The minimum atomic E-state index is -3.55. The first kappa shape index (κ1) is 18.7. The molecular formula is C17H20ClNO4S. The van der Waals surface area contributed by atoms with Gasteiger partial charge in [0.15, 0.2) is 0 Å². The second kappa shape index (κ2) is 7.98. The van der Waals surface area contributed by atoms with Gasteiger partial charge >= 0.3 is 0 Å². The molecule has 0 aliphatic carbocycles. The molecule has 0 bridgehead atoms. The van der Waals surface area contributed by atoms with E-state index in [1.54, 1.807) is 48.5 Å². The van der Waals surface area contributed by atoms with E-state index in [0.29, 0.717) is 21.9 Å². The quantitative estimate of drug-likeness (QED) is 0.815. The Balaban J connectivity index is 2.06. The van der Waals surface area contributed by atoms with Crippen molar-refractivity contribution in [1.82, 2.24) is 4.31 Å². The van der Waals surface area contributed by atoms with Crippen LogP contribution in [0, 0.1) is 0 Å². The lowest BCUT2D eigenvalue weighted by Crippen LogP contribution is -2.32. The molecule has 1 unspecified atom stereocenters. The van der Waals surface area contributed by atoms with Crippen molar-refractivity contribution in [2.75, 3.05) is 20.7 Å². The Labute approximate surface area is 147 Å². The van der Waals surface area contributed by atoms with Crippen LogP contribution in [0.1, 0.15) is 17.2 Å². The fourth-order valence-corrected chi connectivity index (χ4v) is 3.54. The van der Waals surface area contributed by atoms with Crippen molar-refractivity contribution in [3.63, 3.8) is 0 Å². The van der Waals surface area contributed by atoms with E-state index >= 15 is 0 Å². The van der Waals surface area contributed by atoms with E-state index in [4.69, 9.17) is 16.3 Å². The molecule has 130 valence electrons. The molecule has 2 rings (SSSR count). The number of rotatable bonds is 7. The molecule has 2 aromatic carbocycles. The van der Waals surface area contributed by atoms with Crippen molar-refractivity contribution in [2.24, 2.45) is 0 Å². The highest BCUT2D eigenvalue weighted by Crippen LogP contribution is 2.21. The summed E-state index contributed by atoms with van der Waals surface area (Å²) in [5.74, 6) is 0.462. The Kier molecular flexibility index (Phi) is 6.23. The van der Waals surface area contributed by atoms with Gasteiger partial charge in [0.05, 0.1) is 19.0 Å². The molecule has 0 saturated heterocycles. The van der Waals surface area contributed by atoms with Crippen molar-refractivity contribution in [3.05, 3.63) is 64.7 Å². The maximum atomic E-state index is 12.4. The average Bonchev–Trinajstić information content (AvgIpc) is 2.56. The molecule has 0 fully saturated rings. The van der Waals surface area contributed by atoms with Gasteiger partial charge in [-0.1, -0.05) is 35.9 Å². The van der Waals surface area contributed by atoms with E-state index in [1.165, 1.54) is 14.2 Å². The van der Waals surface area contributed by atoms with Crippen molar-refractivity contribution in [1.29, 1.82) is 0 Å². The lowest BCUT2D eigenvalue weighted by Gasteiger charge is -2.21. The summed E-state index contributed by atoms with van der Waals surface area (Å²) >= 11 is 5.80. The van der Waals surface area contributed by atoms with Crippen LogP contribution in [0.4, 0.5) is 0 Å². The SMILES string of the molecule is COc1cccc(C(O)CN(C)S(=O)(=O)Cc2ccc(Cl)cc2)c1. The molecule has 1 atom stereocenters.